The van der Waals surface area contributed by atoms with E-state index in [1.807, 2.05) is 18.2 Å². The summed E-state index contributed by atoms with van der Waals surface area (Å²) in [6.07, 6.45) is 0.962. The second-order valence-electron chi connectivity index (χ2n) is 6.52. The molecule has 0 unspecified atom stereocenters. The van der Waals surface area contributed by atoms with Crippen molar-refractivity contribution in [3.05, 3.63) is 64.4 Å². The lowest BCUT2D eigenvalue weighted by molar-refractivity contribution is 0.240. The zero-order valence-corrected chi connectivity index (χ0v) is 15.7. The van der Waals surface area contributed by atoms with E-state index in [9.17, 15) is 4.79 Å². The molecular weight excluding hydrogens is 342 g/mol. The molecule has 0 atom stereocenters. The second kappa shape index (κ2) is 8.60. The summed E-state index contributed by atoms with van der Waals surface area (Å²) in [5, 5.41) is 0.832. The van der Waals surface area contributed by atoms with Gasteiger partial charge in [-0.25, -0.2) is 0 Å². The van der Waals surface area contributed by atoms with Crippen LogP contribution in [0.2, 0.25) is 0 Å². The van der Waals surface area contributed by atoms with Gasteiger partial charge in [0, 0.05) is 30.2 Å². The molecule has 1 heterocycles. The number of aromatic nitrogens is 1. The number of benzene rings is 2. The highest BCUT2D eigenvalue weighted by Crippen LogP contribution is 2.30. The maximum atomic E-state index is 11.6. The lowest BCUT2D eigenvalue weighted by Crippen LogP contribution is -2.26. The molecule has 1 aromatic heterocycles. The topological polar surface area (TPSA) is 80.6 Å². The van der Waals surface area contributed by atoms with Crippen LogP contribution in [0.4, 0.5) is 5.69 Å². The monoisotopic (exact) mass is 367 g/mol. The lowest BCUT2D eigenvalue weighted by atomic mass is 10.1. The molecule has 0 spiro atoms. The molecule has 6 nitrogen and oxygen atoms in total. The van der Waals surface area contributed by atoms with Crippen LogP contribution >= 0.6 is 0 Å². The number of ether oxygens (including phenoxy) is 2. The van der Waals surface area contributed by atoms with Gasteiger partial charge in [-0.05, 0) is 49.4 Å². The molecule has 0 fully saturated rings. The van der Waals surface area contributed by atoms with Gasteiger partial charge in [-0.15, -0.1) is 0 Å². The van der Waals surface area contributed by atoms with E-state index in [1.165, 1.54) is 11.6 Å². The number of nitrogens with one attached hydrogen (secondary N) is 1. The Morgan fingerprint density at radius 1 is 1.00 bits per heavy atom. The molecule has 6 heteroatoms. The highest BCUT2D eigenvalue weighted by Gasteiger charge is 2.09. The van der Waals surface area contributed by atoms with Crippen molar-refractivity contribution in [1.82, 2.24) is 9.88 Å². The van der Waals surface area contributed by atoms with Crippen LogP contribution in [-0.2, 0) is 6.42 Å². The lowest BCUT2D eigenvalue weighted by Gasteiger charge is -2.18. The van der Waals surface area contributed by atoms with E-state index in [2.05, 4.69) is 29.1 Å². The molecule has 0 radical (unpaired) electrons. The van der Waals surface area contributed by atoms with Crippen molar-refractivity contribution in [3.8, 4) is 11.5 Å². The van der Waals surface area contributed by atoms with Gasteiger partial charge in [0.05, 0.1) is 12.6 Å². The third kappa shape index (κ3) is 4.80. The normalized spacial score (nSPS) is 11.1. The molecule has 0 saturated carbocycles. The maximum absolute atomic E-state index is 11.6. The molecule has 27 heavy (non-hydrogen) atoms. The Morgan fingerprint density at radius 3 is 2.48 bits per heavy atom. The Kier molecular flexibility index (Phi) is 5.98. The molecule has 142 valence electrons. The summed E-state index contributed by atoms with van der Waals surface area (Å²) < 4.78 is 11.3. The molecule has 0 aliphatic rings. The summed E-state index contributed by atoms with van der Waals surface area (Å²) in [7, 11) is 3.65. The highest BCUT2D eigenvalue weighted by atomic mass is 16.5. The van der Waals surface area contributed by atoms with E-state index in [0.29, 0.717) is 17.9 Å². The molecule has 0 aliphatic carbocycles. The Morgan fingerprint density at radius 2 is 1.74 bits per heavy atom. The van der Waals surface area contributed by atoms with Crippen LogP contribution in [0, 0.1) is 0 Å². The number of rotatable bonds is 8. The van der Waals surface area contributed by atoms with E-state index >= 15 is 0 Å². The van der Waals surface area contributed by atoms with Crippen LogP contribution in [0.5, 0.6) is 11.5 Å². The summed E-state index contributed by atoms with van der Waals surface area (Å²) in [5.41, 5.74) is 8.25. The van der Waals surface area contributed by atoms with Crippen LogP contribution in [0.1, 0.15) is 5.56 Å². The first-order valence-corrected chi connectivity index (χ1v) is 8.92. The summed E-state index contributed by atoms with van der Waals surface area (Å²) in [5.74, 6) is 1.35. The number of H-pyrrole nitrogens is 1. The summed E-state index contributed by atoms with van der Waals surface area (Å²) in [6, 6.07) is 14.9. The van der Waals surface area contributed by atoms with Crippen molar-refractivity contribution in [2.24, 2.45) is 0 Å². The van der Waals surface area contributed by atoms with Crippen molar-refractivity contribution < 1.29 is 9.47 Å². The number of hydrogen-bond acceptors (Lipinski definition) is 5. The van der Waals surface area contributed by atoms with E-state index in [1.54, 1.807) is 19.2 Å². The zero-order valence-electron chi connectivity index (χ0n) is 15.7. The minimum absolute atomic E-state index is 0.166. The molecule has 3 rings (SSSR count). The van der Waals surface area contributed by atoms with Crippen LogP contribution in [0.3, 0.4) is 0 Å². The minimum atomic E-state index is -0.166. The van der Waals surface area contributed by atoms with Gasteiger partial charge in [-0.2, -0.15) is 0 Å². The van der Waals surface area contributed by atoms with Crippen LogP contribution < -0.4 is 20.8 Å². The number of anilines is 1. The molecule has 0 aliphatic heterocycles. The van der Waals surface area contributed by atoms with Crippen molar-refractivity contribution in [3.63, 3.8) is 0 Å². The molecule has 0 amide bonds. The fourth-order valence-corrected chi connectivity index (χ4v) is 2.92. The van der Waals surface area contributed by atoms with Crippen molar-refractivity contribution in [2.45, 2.75) is 6.42 Å². The van der Waals surface area contributed by atoms with Gasteiger partial charge in [0.2, 0.25) is 5.56 Å². The van der Waals surface area contributed by atoms with Crippen LogP contribution in [0.25, 0.3) is 10.9 Å². The van der Waals surface area contributed by atoms with Crippen molar-refractivity contribution in [2.75, 3.05) is 39.6 Å². The predicted octanol–water partition coefficient (Wildman–Crippen LogP) is 2.67. The summed E-state index contributed by atoms with van der Waals surface area (Å²) in [6.45, 7) is 2.29. The number of hydrogen-bond donors (Lipinski definition) is 2. The first kappa shape index (κ1) is 18.8. The third-order valence-corrected chi connectivity index (χ3v) is 4.53. The maximum Gasteiger partial charge on any atom is 0.248 e. The smallest absolute Gasteiger partial charge is 0.248 e. The Balaban J connectivity index is 1.57. The minimum Gasteiger partial charge on any atom is -0.495 e. The zero-order chi connectivity index (χ0) is 19.2. The van der Waals surface area contributed by atoms with E-state index in [-0.39, 0.29) is 5.56 Å². The predicted molar refractivity (Wildman–Crippen MR) is 109 cm³/mol. The average molecular weight is 367 g/mol. The number of nitrogens with two attached hydrogens (primary N) is 1. The number of nitrogens with zero attached hydrogens (tertiary/aromatic N) is 1. The fourth-order valence-electron chi connectivity index (χ4n) is 2.92. The van der Waals surface area contributed by atoms with Crippen molar-refractivity contribution >= 4 is 16.6 Å². The standard InChI is InChI=1S/C21H25N3O3/c1-24(12-11-15-3-5-16(22)6-4-15)13-14-27-18-8-9-19(26-2)21-17(18)7-10-20(25)23-21/h3-10H,11-14,22H2,1-2H3,(H,23,25). The van der Waals surface area contributed by atoms with Gasteiger partial charge in [-0.1, -0.05) is 12.1 Å². The number of pyridine rings is 1. The van der Waals surface area contributed by atoms with E-state index in [0.717, 1.165) is 36.3 Å². The Labute approximate surface area is 158 Å². The second-order valence-corrected chi connectivity index (χ2v) is 6.52. The van der Waals surface area contributed by atoms with Gasteiger partial charge < -0.3 is 25.1 Å². The summed E-state index contributed by atoms with van der Waals surface area (Å²) in [4.78, 5) is 16.6. The Bertz CT molecular complexity index is 951. The van der Waals surface area contributed by atoms with E-state index in [4.69, 9.17) is 15.2 Å². The van der Waals surface area contributed by atoms with Gasteiger partial charge in [0.15, 0.2) is 0 Å². The molecule has 0 saturated heterocycles. The van der Waals surface area contributed by atoms with Crippen LogP contribution in [0.15, 0.2) is 53.3 Å². The number of nitrogen functional groups attached to an aromatic ring is 1. The third-order valence-electron chi connectivity index (χ3n) is 4.53. The van der Waals surface area contributed by atoms with Gasteiger partial charge >= 0.3 is 0 Å². The number of methoxy groups -OCH3 is 1. The summed E-state index contributed by atoms with van der Waals surface area (Å²) >= 11 is 0. The first-order chi connectivity index (χ1) is 13.1. The quantitative estimate of drug-likeness (QED) is 0.598. The van der Waals surface area contributed by atoms with Crippen LogP contribution in [-0.4, -0.2) is 43.7 Å². The molecule has 3 aromatic rings. The molecular formula is C21H25N3O3. The van der Waals surface area contributed by atoms with Crippen molar-refractivity contribution in [1.29, 1.82) is 0 Å². The van der Waals surface area contributed by atoms with Gasteiger partial charge in [0.1, 0.15) is 18.1 Å². The first-order valence-electron chi connectivity index (χ1n) is 8.92. The fraction of sp³-hybridized carbons (Fsp3) is 0.286. The average Bonchev–Trinajstić information content (AvgIpc) is 2.67. The SMILES string of the molecule is COc1ccc(OCCN(C)CCc2ccc(N)cc2)c2ccc(=O)[nH]c12. The largest absolute Gasteiger partial charge is 0.495 e. The van der Waals surface area contributed by atoms with Gasteiger partial charge in [-0.3, -0.25) is 4.79 Å². The molecule has 0 bridgehead atoms. The molecule has 3 N–H and O–H groups in total. The Hall–Kier alpha value is -2.99. The number of aromatic amines is 1. The number of likely N-dealkylation sites (N-methyl/N-ethyl adjacent to an activating group) is 1. The highest BCUT2D eigenvalue weighted by molar-refractivity contribution is 5.89. The van der Waals surface area contributed by atoms with E-state index < -0.39 is 0 Å². The number of fused-ring (bicyclic) bond motifs is 1. The molecule has 2 aromatic carbocycles. The van der Waals surface area contributed by atoms with Gasteiger partial charge in [0.25, 0.3) is 0 Å².